The fourth-order valence-corrected chi connectivity index (χ4v) is 3.72. The topological polar surface area (TPSA) is 55.4 Å². The summed E-state index contributed by atoms with van der Waals surface area (Å²) in [4.78, 5) is 24.8. The highest BCUT2D eigenvalue weighted by Crippen LogP contribution is 2.38. The number of carbonyl (C=O) groups is 2. The quantitative estimate of drug-likeness (QED) is 0.536. The smallest absolute Gasteiger partial charge is 0.315 e. The van der Waals surface area contributed by atoms with Crippen LogP contribution in [0, 0.1) is 5.92 Å². The Hall–Kier alpha value is -2.30. The zero-order valence-corrected chi connectivity index (χ0v) is 16.8. The normalized spacial score (nSPS) is 19.2. The van der Waals surface area contributed by atoms with E-state index in [1.807, 2.05) is 30.3 Å². The molecule has 3 rings (SSSR count). The number of benzene rings is 2. The Morgan fingerprint density at radius 2 is 1.89 bits per heavy atom. The van der Waals surface area contributed by atoms with Gasteiger partial charge in [-0.3, -0.25) is 9.59 Å². The molecule has 0 unspecified atom stereocenters. The number of nitrogens with one attached hydrogen (secondary N) is 1. The van der Waals surface area contributed by atoms with E-state index in [9.17, 15) is 9.59 Å². The van der Waals surface area contributed by atoms with Crippen LogP contribution in [0.2, 0.25) is 10.0 Å². The van der Waals surface area contributed by atoms with Gasteiger partial charge in [-0.2, -0.15) is 0 Å². The SMILES string of the molecule is C=C1NC(=O)C[C@@H](c2ccc(Cl)c(Cl)c2)[C@@H]1C(=O)OCCCc1ccccc1. The van der Waals surface area contributed by atoms with Crippen LogP contribution in [0.1, 0.15) is 29.9 Å². The van der Waals surface area contributed by atoms with Crippen molar-refractivity contribution < 1.29 is 14.3 Å². The monoisotopic (exact) mass is 417 g/mol. The van der Waals surface area contributed by atoms with E-state index in [0.29, 0.717) is 22.3 Å². The van der Waals surface area contributed by atoms with Gasteiger partial charge in [-0.1, -0.05) is 66.2 Å². The van der Waals surface area contributed by atoms with E-state index in [1.165, 1.54) is 5.56 Å². The number of carbonyl (C=O) groups excluding carboxylic acids is 2. The molecule has 2 aromatic carbocycles. The molecule has 6 heteroatoms. The molecule has 1 N–H and O–H groups in total. The van der Waals surface area contributed by atoms with E-state index in [0.717, 1.165) is 18.4 Å². The van der Waals surface area contributed by atoms with Crippen molar-refractivity contribution >= 4 is 35.1 Å². The van der Waals surface area contributed by atoms with Gasteiger partial charge >= 0.3 is 5.97 Å². The summed E-state index contributed by atoms with van der Waals surface area (Å²) in [6.45, 7) is 4.17. The van der Waals surface area contributed by atoms with Crippen LogP contribution >= 0.6 is 23.2 Å². The first-order chi connectivity index (χ1) is 13.5. The molecular formula is C22H21Cl2NO3. The Labute approximate surface area is 174 Å². The molecule has 0 bridgehead atoms. The molecule has 0 saturated carbocycles. The summed E-state index contributed by atoms with van der Waals surface area (Å²) in [6, 6.07) is 15.2. The molecule has 2 aromatic rings. The molecule has 1 heterocycles. The van der Waals surface area contributed by atoms with Gasteiger partial charge < -0.3 is 10.1 Å². The number of rotatable bonds is 6. The average Bonchev–Trinajstić information content (AvgIpc) is 2.67. The van der Waals surface area contributed by atoms with Gasteiger partial charge in [0, 0.05) is 18.0 Å². The van der Waals surface area contributed by atoms with Crippen LogP contribution < -0.4 is 5.32 Å². The third-order valence-corrected chi connectivity index (χ3v) is 5.54. The summed E-state index contributed by atoms with van der Waals surface area (Å²) in [5, 5.41) is 3.46. The van der Waals surface area contributed by atoms with Crippen molar-refractivity contribution in [3.63, 3.8) is 0 Å². The number of hydrogen-bond donors (Lipinski definition) is 1. The van der Waals surface area contributed by atoms with Gasteiger partial charge in [0.15, 0.2) is 0 Å². The van der Waals surface area contributed by atoms with Crippen LogP contribution in [0.15, 0.2) is 60.8 Å². The Kier molecular flexibility index (Phi) is 6.76. The maximum atomic E-state index is 12.8. The Balaban J connectivity index is 1.67. The van der Waals surface area contributed by atoms with E-state index in [2.05, 4.69) is 11.9 Å². The zero-order chi connectivity index (χ0) is 20.1. The summed E-state index contributed by atoms with van der Waals surface area (Å²) < 4.78 is 5.50. The summed E-state index contributed by atoms with van der Waals surface area (Å²) >= 11 is 12.1. The first kappa shape index (κ1) is 20.4. The second-order valence-corrected chi connectivity index (χ2v) is 7.61. The molecular weight excluding hydrogens is 397 g/mol. The van der Waals surface area contributed by atoms with E-state index in [4.69, 9.17) is 27.9 Å². The predicted molar refractivity (Wildman–Crippen MR) is 110 cm³/mol. The molecule has 146 valence electrons. The summed E-state index contributed by atoms with van der Waals surface area (Å²) in [5.41, 5.74) is 2.30. The molecule has 1 saturated heterocycles. The minimum absolute atomic E-state index is 0.154. The lowest BCUT2D eigenvalue weighted by atomic mass is 9.79. The first-order valence-electron chi connectivity index (χ1n) is 9.10. The number of aryl methyl sites for hydroxylation is 1. The van der Waals surface area contributed by atoms with Crippen molar-refractivity contribution in [2.24, 2.45) is 5.92 Å². The molecule has 1 aliphatic rings. The summed E-state index contributed by atoms with van der Waals surface area (Å²) in [6.07, 6.45) is 1.70. The molecule has 0 spiro atoms. The van der Waals surface area contributed by atoms with Gasteiger partial charge in [0.1, 0.15) is 5.92 Å². The Bertz CT molecular complexity index is 883. The number of piperidine rings is 1. The standard InChI is InChI=1S/C22H21Cl2NO3/c1-14-21(22(27)28-11-5-8-15-6-3-2-4-7-15)17(13-20(26)25-14)16-9-10-18(23)19(24)12-16/h2-4,6-7,9-10,12,17,21H,1,5,8,11,13H2,(H,25,26)/t17-,21+/m0/s1. The number of esters is 1. The Morgan fingerprint density at radius 3 is 2.61 bits per heavy atom. The lowest BCUT2D eigenvalue weighted by Gasteiger charge is -2.32. The third kappa shape index (κ3) is 4.94. The van der Waals surface area contributed by atoms with Gasteiger partial charge in [-0.25, -0.2) is 0 Å². The van der Waals surface area contributed by atoms with Crippen LogP contribution in [0.3, 0.4) is 0 Å². The van der Waals surface area contributed by atoms with Crippen LogP contribution in [0.5, 0.6) is 0 Å². The van der Waals surface area contributed by atoms with Gasteiger partial charge in [0.05, 0.1) is 16.7 Å². The first-order valence-corrected chi connectivity index (χ1v) is 9.85. The third-order valence-electron chi connectivity index (χ3n) is 4.81. The van der Waals surface area contributed by atoms with Crippen LogP contribution in [0.4, 0.5) is 0 Å². The van der Waals surface area contributed by atoms with Crippen molar-refractivity contribution in [3.8, 4) is 0 Å². The second kappa shape index (κ2) is 9.26. The summed E-state index contributed by atoms with van der Waals surface area (Å²) in [7, 11) is 0. The van der Waals surface area contributed by atoms with E-state index >= 15 is 0 Å². The Morgan fingerprint density at radius 1 is 1.14 bits per heavy atom. The number of halogens is 2. The van der Waals surface area contributed by atoms with E-state index in [-0.39, 0.29) is 12.3 Å². The molecule has 0 aromatic heterocycles. The van der Waals surface area contributed by atoms with Gasteiger partial charge in [-0.05, 0) is 36.1 Å². The lowest BCUT2D eigenvalue weighted by molar-refractivity contribution is -0.149. The lowest BCUT2D eigenvalue weighted by Crippen LogP contribution is -2.41. The van der Waals surface area contributed by atoms with E-state index < -0.39 is 17.8 Å². The van der Waals surface area contributed by atoms with Crippen LogP contribution in [-0.4, -0.2) is 18.5 Å². The predicted octanol–water partition coefficient (Wildman–Crippen LogP) is 4.90. The zero-order valence-electron chi connectivity index (χ0n) is 15.3. The largest absolute Gasteiger partial charge is 0.465 e. The van der Waals surface area contributed by atoms with Crippen molar-refractivity contribution in [2.75, 3.05) is 6.61 Å². The van der Waals surface area contributed by atoms with Crippen molar-refractivity contribution in [1.29, 1.82) is 0 Å². The highest BCUT2D eigenvalue weighted by Gasteiger charge is 2.39. The average molecular weight is 418 g/mol. The highest BCUT2D eigenvalue weighted by atomic mass is 35.5. The fraction of sp³-hybridized carbons (Fsp3) is 0.273. The highest BCUT2D eigenvalue weighted by molar-refractivity contribution is 6.42. The second-order valence-electron chi connectivity index (χ2n) is 6.79. The van der Waals surface area contributed by atoms with Gasteiger partial charge in [0.25, 0.3) is 0 Å². The molecule has 0 aliphatic carbocycles. The molecule has 4 nitrogen and oxygen atoms in total. The number of amides is 1. The van der Waals surface area contributed by atoms with Crippen LogP contribution in [0.25, 0.3) is 0 Å². The molecule has 1 fully saturated rings. The number of ether oxygens (including phenoxy) is 1. The van der Waals surface area contributed by atoms with Crippen molar-refractivity contribution in [2.45, 2.75) is 25.2 Å². The van der Waals surface area contributed by atoms with Gasteiger partial charge in [0.2, 0.25) is 5.91 Å². The van der Waals surface area contributed by atoms with Gasteiger partial charge in [-0.15, -0.1) is 0 Å². The van der Waals surface area contributed by atoms with Crippen molar-refractivity contribution in [3.05, 3.63) is 82.0 Å². The van der Waals surface area contributed by atoms with Crippen molar-refractivity contribution in [1.82, 2.24) is 5.32 Å². The van der Waals surface area contributed by atoms with Crippen LogP contribution in [-0.2, 0) is 20.7 Å². The number of hydrogen-bond acceptors (Lipinski definition) is 3. The molecule has 28 heavy (non-hydrogen) atoms. The molecule has 0 radical (unpaired) electrons. The minimum Gasteiger partial charge on any atom is -0.465 e. The maximum Gasteiger partial charge on any atom is 0.315 e. The summed E-state index contributed by atoms with van der Waals surface area (Å²) in [5.74, 6) is -1.63. The fourth-order valence-electron chi connectivity index (χ4n) is 3.41. The molecule has 1 aliphatic heterocycles. The maximum absolute atomic E-state index is 12.8. The van der Waals surface area contributed by atoms with E-state index in [1.54, 1.807) is 18.2 Å². The molecule has 1 amide bonds. The minimum atomic E-state index is -0.660. The molecule has 2 atom stereocenters.